The van der Waals surface area contributed by atoms with Crippen molar-refractivity contribution in [1.82, 2.24) is 15.5 Å². The van der Waals surface area contributed by atoms with Crippen molar-refractivity contribution in [2.75, 3.05) is 31.6 Å². The summed E-state index contributed by atoms with van der Waals surface area (Å²) in [4.78, 5) is 27.3. The summed E-state index contributed by atoms with van der Waals surface area (Å²) in [5.41, 5.74) is -0.334. The molecule has 0 spiro atoms. The van der Waals surface area contributed by atoms with Crippen LogP contribution in [0.3, 0.4) is 0 Å². The first-order valence-corrected chi connectivity index (χ1v) is 10.8. The van der Waals surface area contributed by atoms with E-state index in [0.29, 0.717) is 13.1 Å². The summed E-state index contributed by atoms with van der Waals surface area (Å²) in [6.07, 6.45) is 4.72. The third-order valence-electron chi connectivity index (χ3n) is 5.60. The fourth-order valence-electron chi connectivity index (χ4n) is 3.76. The zero-order valence-corrected chi connectivity index (χ0v) is 19.4. The topological polar surface area (TPSA) is 109 Å². The minimum Gasteiger partial charge on any atom is -0.482 e. The van der Waals surface area contributed by atoms with Gasteiger partial charge in [-0.25, -0.2) is 4.79 Å². The predicted octanol–water partition coefficient (Wildman–Crippen LogP) is 3.19. The molecular formula is C22H33N5O5. The van der Waals surface area contributed by atoms with Crippen molar-refractivity contribution in [2.45, 2.75) is 57.8 Å². The van der Waals surface area contributed by atoms with Gasteiger partial charge in [-0.05, 0) is 52.7 Å². The van der Waals surface area contributed by atoms with Crippen LogP contribution in [0.1, 0.15) is 40.5 Å². The second-order valence-electron chi connectivity index (χ2n) is 9.46. The number of amides is 1. The molecule has 1 aromatic rings. The molecule has 0 aromatic heterocycles. The molecule has 10 nitrogen and oxygen atoms in total. The Morgan fingerprint density at radius 3 is 2.47 bits per heavy atom. The van der Waals surface area contributed by atoms with Gasteiger partial charge >= 0.3 is 11.8 Å². The van der Waals surface area contributed by atoms with Crippen LogP contribution in [-0.4, -0.2) is 60.0 Å². The maximum atomic E-state index is 12.3. The Morgan fingerprint density at radius 2 is 1.91 bits per heavy atom. The van der Waals surface area contributed by atoms with Crippen LogP contribution in [0.5, 0.6) is 5.75 Å². The Labute approximate surface area is 188 Å². The first-order valence-electron chi connectivity index (χ1n) is 10.8. The number of carbonyl (C=O) groups is 1. The lowest BCUT2D eigenvalue weighted by Crippen LogP contribution is -2.50. The highest BCUT2D eigenvalue weighted by Crippen LogP contribution is 2.33. The van der Waals surface area contributed by atoms with E-state index >= 15 is 0 Å². The number of nitrogens with one attached hydrogen (secondary N) is 2. The number of rotatable bonds is 6. The van der Waals surface area contributed by atoms with Gasteiger partial charge in [-0.1, -0.05) is 0 Å². The fraction of sp³-hybridized carbons (Fsp3) is 0.591. The quantitative estimate of drug-likeness (QED) is 0.506. The number of carbonyl (C=O) groups excluding carboxylic acids is 1. The summed E-state index contributed by atoms with van der Waals surface area (Å²) in [6.45, 7) is 9.05. The molecular weight excluding hydrogens is 414 g/mol. The molecule has 0 aliphatic carbocycles. The molecule has 2 N–H and O–H groups in total. The molecule has 0 atom stereocenters. The molecule has 0 unspecified atom stereocenters. The van der Waals surface area contributed by atoms with Crippen LogP contribution >= 0.6 is 0 Å². The van der Waals surface area contributed by atoms with Crippen molar-refractivity contribution in [3.05, 3.63) is 40.7 Å². The molecule has 2 aliphatic rings. The highest BCUT2D eigenvalue weighted by atomic mass is 16.6. The van der Waals surface area contributed by atoms with Crippen molar-refractivity contribution >= 4 is 17.5 Å². The van der Waals surface area contributed by atoms with Gasteiger partial charge in [-0.15, -0.1) is 0 Å². The SMILES string of the molecule is CN(C(=O)OC(C)(C)C)C1CCN(c2ccc(OCC3(C)NC=CN3)c([N+](=O)[O-])c2)CC1. The Balaban J connectivity index is 1.62. The van der Waals surface area contributed by atoms with Gasteiger partial charge in [0.1, 0.15) is 17.9 Å². The summed E-state index contributed by atoms with van der Waals surface area (Å²) in [5.74, 6) is 0.232. The number of nitro groups is 1. The summed E-state index contributed by atoms with van der Waals surface area (Å²) in [6, 6.07) is 5.12. The van der Waals surface area contributed by atoms with Gasteiger partial charge in [-0.2, -0.15) is 0 Å². The fourth-order valence-corrected chi connectivity index (χ4v) is 3.76. The van der Waals surface area contributed by atoms with Crippen molar-refractivity contribution in [2.24, 2.45) is 0 Å². The third-order valence-corrected chi connectivity index (χ3v) is 5.60. The van der Waals surface area contributed by atoms with Gasteiger partial charge in [0.25, 0.3) is 0 Å². The maximum Gasteiger partial charge on any atom is 0.410 e. The molecule has 1 saturated heterocycles. The van der Waals surface area contributed by atoms with Crippen molar-refractivity contribution in [3.63, 3.8) is 0 Å². The Bertz CT molecular complexity index is 866. The average Bonchev–Trinajstić information content (AvgIpc) is 3.17. The third kappa shape index (κ3) is 5.74. The number of nitro benzene ring substituents is 1. The smallest absolute Gasteiger partial charge is 0.410 e. The number of hydrogen-bond donors (Lipinski definition) is 2. The highest BCUT2D eigenvalue weighted by molar-refractivity contribution is 5.68. The summed E-state index contributed by atoms with van der Waals surface area (Å²) in [7, 11) is 1.76. The number of nitrogens with zero attached hydrogens (tertiary/aromatic N) is 3. The number of benzene rings is 1. The van der Waals surface area contributed by atoms with Crippen LogP contribution in [0.4, 0.5) is 16.2 Å². The van der Waals surface area contributed by atoms with Crippen molar-refractivity contribution < 1.29 is 19.2 Å². The largest absolute Gasteiger partial charge is 0.482 e. The minimum atomic E-state index is -0.535. The van der Waals surface area contributed by atoms with Gasteiger partial charge in [-0.3, -0.25) is 10.1 Å². The van der Waals surface area contributed by atoms with E-state index in [2.05, 4.69) is 15.5 Å². The predicted molar refractivity (Wildman–Crippen MR) is 122 cm³/mol. The monoisotopic (exact) mass is 447 g/mol. The molecule has 0 saturated carbocycles. The van der Waals surface area contributed by atoms with Gasteiger partial charge < -0.3 is 29.9 Å². The summed E-state index contributed by atoms with van der Waals surface area (Å²) >= 11 is 0. The molecule has 0 radical (unpaired) electrons. The lowest BCUT2D eigenvalue weighted by molar-refractivity contribution is -0.385. The molecule has 1 fully saturated rings. The van der Waals surface area contributed by atoms with Crippen LogP contribution in [-0.2, 0) is 4.74 Å². The molecule has 32 heavy (non-hydrogen) atoms. The highest BCUT2D eigenvalue weighted by Gasteiger charge is 2.30. The number of hydrogen-bond acceptors (Lipinski definition) is 8. The van der Waals surface area contributed by atoms with E-state index in [-0.39, 0.29) is 30.2 Å². The lowest BCUT2D eigenvalue weighted by Gasteiger charge is -2.38. The van der Waals surface area contributed by atoms with Crippen LogP contribution in [0.2, 0.25) is 0 Å². The van der Waals surface area contributed by atoms with E-state index in [4.69, 9.17) is 9.47 Å². The van der Waals surface area contributed by atoms with Gasteiger partial charge in [0.05, 0.1) is 4.92 Å². The zero-order valence-electron chi connectivity index (χ0n) is 19.4. The van der Waals surface area contributed by atoms with Crippen LogP contribution < -0.4 is 20.3 Å². The van der Waals surface area contributed by atoms with Gasteiger partial charge in [0.2, 0.25) is 0 Å². The first kappa shape index (κ1) is 23.5. The standard InChI is InChI=1S/C22H33N5O5/c1-21(2,3)32-20(28)25(5)16-8-12-26(13-9-16)17-6-7-19(18(14-17)27(29)30)31-15-22(4)23-10-11-24-22/h6-7,10-11,14,16,23-24H,8-9,12-13,15H2,1-5H3. The maximum absolute atomic E-state index is 12.3. The molecule has 1 amide bonds. The van der Waals surface area contributed by atoms with Crippen molar-refractivity contribution in [1.29, 1.82) is 0 Å². The Kier molecular flexibility index (Phi) is 6.71. The molecule has 2 heterocycles. The number of anilines is 1. The van der Waals surface area contributed by atoms with Gasteiger partial charge in [0.15, 0.2) is 5.75 Å². The minimum absolute atomic E-state index is 0.0648. The second kappa shape index (κ2) is 9.13. The van der Waals surface area contributed by atoms with E-state index in [1.54, 1.807) is 36.5 Å². The lowest BCUT2D eigenvalue weighted by atomic mass is 10.0. The molecule has 10 heteroatoms. The number of piperidine rings is 1. The van der Waals surface area contributed by atoms with Crippen LogP contribution in [0.15, 0.2) is 30.6 Å². The first-order chi connectivity index (χ1) is 15.0. The van der Waals surface area contributed by atoms with E-state index in [0.717, 1.165) is 18.5 Å². The number of ether oxygens (including phenoxy) is 2. The van der Waals surface area contributed by atoms with Gasteiger partial charge in [0, 0.05) is 50.3 Å². The molecule has 2 aliphatic heterocycles. The Hall–Kier alpha value is -3.17. The molecule has 0 bridgehead atoms. The molecule has 176 valence electrons. The van der Waals surface area contributed by atoms with Crippen LogP contribution in [0, 0.1) is 10.1 Å². The van der Waals surface area contributed by atoms with E-state index in [1.807, 2.05) is 33.8 Å². The van der Waals surface area contributed by atoms with Crippen LogP contribution in [0.25, 0.3) is 0 Å². The van der Waals surface area contributed by atoms with E-state index in [1.165, 1.54) is 0 Å². The normalized spacial score (nSPS) is 18.0. The average molecular weight is 448 g/mol. The summed E-state index contributed by atoms with van der Waals surface area (Å²) < 4.78 is 11.2. The van der Waals surface area contributed by atoms with Crippen molar-refractivity contribution in [3.8, 4) is 5.75 Å². The Morgan fingerprint density at radius 1 is 1.28 bits per heavy atom. The molecule has 1 aromatic carbocycles. The van der Waals surface area contributed by atoms with E-state index in [9.17, 15) is 14.9 Å². The zero-order chi connectivity index (χ0) is 23.5. The molecule has 3 rings (SSSR count). The van der Waals surface area contributed by atoms with E-state index < -0.39 is 16.2 Å². The summed E-state index contributed by atoms with van der Waals surface area (Å²) in [5, 5.41) is 17.9. The second-order valence-corrected chi connectivity index (χ2v) is 9.46.